The van der Waals surface area contributed by atoms with Gasteiger partial charge in [-0.15, -0.1) is 0 Å². The second kappa shape index (κ2) is 5.38. The molecule has 2 heterocycles. The second-order valence-electron chi connectivity index (χ2n) is 4.74. The fourth-order valence-electron chi connectivity index (χ4n) is 2.42. The SMILES string of the molecule is c1coc(CN2CCNCc3ccccc3C2)c1. The molecule has 18 heavy (non-hydrogen) atoms. The van der Waals surface area contributed by atoms with Crippen LogP contribution in [0.2, 0.25) is 0 Å². The topological polar surface area (TPSA) is 28.4 Å². The van der Waals surface area contributed by atoms with Gasteiger partial charge in [-0.1, -0.05) is 24.3 Å². The fourth-order valence-corrected chi connectivity index (χ4v) is 2.42. The highest BCUT2D eigenvalue weighted by Gasteiger charge is 2.13. The van der Waals surface area contributed by atoms with Crippen molar-refractivity contribution < 1.29 is 4.42 Å². The second-order valence-corrected chi connectivity index (χ2v) is 4.74. The summed E-state index contributed by atoms with van der Waals surface area (Å²) < 4.78 is 5.43. The van der Waals surface area contributed by atoms with Crippen LogP contribution in [0.3, 0.4) is 0 Å². The van der Waals surface area contributed by atoms with E-state index in [4.69, 9.17) is 4.42 Å². The molecule has 0 saturated carbocycles. The number of benzene rings is 1. The van der Waals surface area contributed by atoms with Gasteiger partial charge in [0, 0.05) is 26.2 Å². The Hall–Kier alpha value is -1.58. The molecule has 3 heteroatoms. The van der Waals surface area contributed by atoms with Gasteiger partial charge in [0.05, 0.1) is 12.8 Å². The first-order chi connectivity index (χ1) is 8.92. The molecule has 0 spiro atoms. The summed E-state index contributed by atoms with van der Waals surface area (Å²) in [5, 5.41) is 3.48. The fraction of sp³-hybridized carbons (Fsp3) is 0.333. The number of hydrogen-bond acceptors (Lipinski definition) is 3. The number of furan rings is 1. The van der Waals surface area contributed by atoms with E-state index >= 15 is 0 Å². The average Bonchev–Trinajstić information content (AvgIpc) is 2.85. The Bertz CT molecular complexity index is 493. The van der Waals surface area contributed by atoms with Gasteiger partial charge in [-0.25, -0.2) is 0 Å². The van der Waals surface area contributed by atoms with Crippen molar-refractivity contribution in [2.75, 3.05) is 13.1 Å². The average molecular weight is 242 g/mol. The van der Waals surface area contributed by atoms with E-state index in [0.29, 0.717) is 0 Å². The minimum Gasteiger partial charge on any atom is -0.468 e. The molecule has 1 aliphatic rings. The monoisotopic (exact) mass is 242 g/mol. The molecule has 0 bridgehead atoms. The molecule has 3 rings (SSSR count). The van der Waals surface area contributed by atoms with Crippen molar-refractivity contribution in [1.29, 1.82) is 0 Å². The van der Waals surface area contributed by atoms with E-state index in [1.807, 2.05) is 12.1 Å². The minimum atomic E-state index is 0.878. The van der Waals surface area contributed by atoms with E-state index in [1.54, 1.807) is 6.26 Å². The zero-order valence-electron chi connectivity index (χ0n) is 10.4. The Morgan fingerprint density at radius 1 is 1.11 bits per heavy atom. The quantitative estimate of drug-likeness (QED) is 0.876. The van der Waals surface area contributed by atoms with Gasteiger partial charge in [-0.05, 0) is 23.3 Å². The molecule has 3 nitrogen and oxygen atoms in total. The molecule has 1 aliphatic heterocycles. The largest absolute Gasteiger partial charge is 0.468 e. The van der Waals surface area contributed by atoms with Crippen molar-refractivity contribution in [2.24, 2.45) is 0 Å². The van der Waals surface area contributed by atoms with Gasteiger partial charge >= 0.3 is 0 Å². The van der Waals surface area contributed by atoms with Crippen LogP contribution in [0.1, 0.15) is 16.9 Å². The molecular weight excluding hydrogens is 224 g/mol. The van der Waals surface area contributed by atoms with Gasteiger partial charge in [-0.2, -0.15) is 0 Å². The molecule has 0 fully saturated rings. The summed E-state index contributed by atoms with van der Waals surface area (Å²) in [7, 11) is 0. The number of fused-ring (bicyclic) bond motifs is 1. The van der Waals surface area contributed by atoms with Crippen LogP contribution in [-0.2, 0) is 19.6 Å². The van der Waals surface area contributed by atoms with E-state index in [0.717, 1.165) is 38.5 Å². The summed E-state index contributed by atoms with van der Waals surface area (Å²) in [5.74, 6) is 1.04. The molecule has 0 unspecified atom stereocenters. The lowest BCUT2D eigenvalue weighted by Crippen LogP contribution is -2.34. The van der Waals surface area contributed by atoms with Crippen LogP contribution in [0, 0.1) is 0 Å². The lowest BCUT2D eigenvalue weighted by atomic mass is 10.1. The summed E-state index contributed by atoms with van der Waals surface area (Å²) in [5.41, 5.74) is 2.82. The maximum absolute atomic E-state index is 5.43. The van der Waals surface area contributed by atoms with Crippen molar-refractivity contribution in [3.8, 4) is 0 Å². The standard InChI is InChI=1S/C15H18N2O/c1-2-5-14-11-17(12-15-6-3-9-18-15)8-7-16-10-13(14)4-1/h1-6,9,16H,7-8,10-12H2. The third-order valence-electron chi connectivity index (χ3n) is 3.39. The third kappa shape index (κ3) is 2.63. The molecule has 0 atom stereocenters. The van der Waals surface area contributed by atoms with Gasteiger partial charge in [0.15, 0.2) is 0 Å². The predicted octanol–water partition coefficient (Wildman–Crippen LogP) is 2.39. The van der Waals surface area contributed by atoms with Gasteiger partial charge in [-0.3, -0.25) is 4.90 Å². The summed E-state index contributed by atoms with van der Waals surface area (Å²) in [6.45, 7) is 4.93. The maximum Gasteiger partial charge on any atom is 0.117 e. The molecule has 1 aromatic heterocycles. The van der Waals surface area contributed by atoms with Crippen molar-refractivity contribution in [3.63, 3.8) is 0 Å². The van der Waals surface area contributed by atoms with Crippen molar-refractivity contribution in [2.45, 2.75) is 19.6 Å². The summed E-state index contributed by atoms with van der Waals surface area (Å²) >= 11 is 0. The van der Waals surface area contributed by atoms with Crippen LogP contribution in [0.15, 0.2) is 47.1 Å². The first-order valence-corrected chi connectivity index (χ1v) is 6.44. The first-order valence-electron chi connectivity index (χ1n) is 6.44. The molecule has 0 saturated heterocycles. The normalized spacial score (nSPS) is 16.9. The predicted molar refractivity (Wildman–Crippen MR) is 71.0 cm³/mol. The van der Waals surface area contributed by atoms with Crippen LogP contribution in [0.5, 0.6) is 0 Å². The zero-order chi connectivity index (χ0) is 12.2. The Balaban J connectivity index is 1.77. The highest BCUT2D eigenvalue weighted by atomic mass is 16.3. The van der Waals surface area contributed by atoms with Gasteiger partial charge in [0.25, 0.3) is 0 Å². The summed E-state index contributed by atoms with van der Waals surface area (Å²) in [6.07, 6.45) is 1.74. The van der Waals surface area contributed by atoms with Crippen LogP contribution < -0.4 is 5.32 Å². The van der Waals surface area contributed by atoms with E-state index in [-0.39, 0.29) is 0 Å². The van der Waals surface area contributed by atoms with Gasteiger partial charge in [0.1, 0.15) is 5.76 Å². The molecule has 0 aliphatic carbocycles. The number of nitrogens with zero attached hydrogens (tertiary/aromatic N) is 1. The lowest BCUT2D eigenvalue weighted by Gasteiger charge is -2.25. The lowest BCUT2D eigenvalue weighted by molar-refractivity contribution is 0.230. The Kier molecular flexibility index (Phi) is 3.44. The molecular formula is C15H18N2O. The molecule has 1 N–H and O–H groups in total. The van der Waals surface area contributed by atoms with Gasteiger partial charge in [0.2, 0.25) is 0 Å². The highest BCUT2D eigenvalue weighted by molar-refractivity contribution is 5.27. The van der Waals surface area contributed by atoms with E-state index < -0.39 is 0 Å². The van der Waals surface area contributed by atoms with Crippen LogP contribution >= 0.6 is 0 Å². The van der Waals surface area contributed by atoms with Gasteiger partial charge < -0.3 is 9.73 Å². The minimum absolute atomic E-state index is 0.878. The summed E-state index contributed by atoms with van der Waals surface area (Å²) in [6, 6.07) is 12.6. The smallest absolute Gasteiger partial charge is 0.117 e. The Labute approximate surface area is 107 Å². The van der Waals surface area contributed by atoms with Crippen LogP contribution in [0.4, 0.5) is 0 Å². The molecule has 0 radical (unpaired) electrons. The maximum atomic E-state index is 5.43. The molecule has 0 amide bonds. The van der Waals surface area contributed by atoms with E-state index in [9.17, 15) is 0 Å². The number of hydrogen-bond donors (Lipinski definition) is 1. The van der Waals surface area contributed by atoms with Crippen molar-refractivity contribution in [1.82, 2.24) is 10.2 Å². The molecule has 2 aromatic rings. The van der Waals surface area contributed by atoms with E-state index in [1.165, 1.54) is 11.1 Å². The Morgan fingerprint density at radius 2 is 2.00 bits per heavy atom. The van der Waals surface area contributed by atoms with Crippen molar-refractivity contribution in [3.05, 3.63) is 59.5 Å². The van der Waals surface area contributed by atoms with E-state index in [2.05, 4.69) is 34.5 Å². The third-order valence-corrected chi connectivity index (χ3v) is 3.39. The summed E-state index contributed by atoms with van der Waals surface area (Å²) in [4.78, 5) is 2.42. The number of nitrogens with one attached hydrogen (secondary N) is 1. The van der Waals surface area contributed by atoms with Crippen LogP contribution in [-0.4, -0.2) is 18.0 Å². The Morgan fingerprint density at radius 3 is 2.83 bits per heavy atom. The highest BCUT2D eigenvalue weighted by Crippen LogP contribution is 2.15. The first kappa shape index (κ1) is 11.5. The molecule has 1 aromatic carbocycles. The number of rotatable bonds is 2. The van der Waals surface area contributed by atoms with Crippen LogP contribution in [0.25, 0.3) is 0 Å². The molecule has 94 valence electrons. The zero-order valence-corrected chi connectivity index (χ0v) is 10.4. The van der Waals surface area contributed by atoms with Crippen molar-refractivity contribution >= 4 is 0 Å².